The maximum atomic E-state index is 12.3. The summed E-state index contributed by atoms with van der Waals surface area (Å²) < 4.78 is 30.6. The van der Waals surface area contributed by atoms with Crippen molar-refractivity contribution in [1.29, 1.82) is 5.26 Å². The van der Waals surface area contributed by atoms with E-state index in [1.165, 1.54) is 0 Å². The third-order valence-corrected chi connectivity index (χ3v) is 7.01. The number of amidine groups is 1. The maximum absolute atomic E-state index is 12.3. The van der Waals surface area contributed by atoms with Crippen LogP contribution in [0.1, 0.15) is 42.9 Å². The lowest BCUT2D eigenvalue weighted by Crippen LogP contribution is -2.32. The van der Waals surface area contributed by atoms with Gasteiger partial charge >= 0.3 is 0 Å². The molecule has 0 atom stereocenters. The van der Waals surface area contributed by atoms with Gasteiger partial charge in [0.25, 0.3) is 0 Å². The molecule has 2 aliphatic heterocycles. The van der Waals surface area contributed by atoms with Crippen molar-refractivity contribution in [2.45, 2.75) is 31.9 Å². The summed E-state index contributed by atoms with van der Waals surface area (Å²) >= 11 is 0. The molecule has 2 aliphatic rings. The fraction of sp³-hybridized carbons (Fsp3) is 0.348. The van der Waals surface area contributed by atoms with Crippen molar-refractivity contribution in [1.82, 2.24) is 4.90 Å². The fourth-order valence-corrected chi connectivity index (χ4v) is 5.27. The highest BCUT2D eigenvalue weighted by atomic mass is 32.2. The molecule has 2 aromatic carbocycles. The van der Waals surface area contributed by atoms with Crippen LogP contribution in [-0.2, 0) is 15.6 Å². The van der Waals surface area contributed by atoms with Gasteiger partial charge in [0.2, 0.25) is 0 Å². The van der Waals surface area contributed by atoms with E-state index in [1.807, 2.05) is 25.4 Å². The summed E-state index contributed by atoms with van der Waals surface area (Å²) in [5.74, 6) is 1.68. The quantitative estimate of drug-likeness (QED) is 0.677. The Labute approximate surface area is 182 Å². The number of hydrogen-bond acceptors (Lipinski definition) is 7. The van der Waals surface area contributed by atoms with Crippen LogP contribution in [0.25, 0.3) is 0 Å². The molecule has 4 rings (SSSR count). The van der Waals surface area contributed by atoms with Gasteiger partial charge in [-0.05, 0) is 49.1 Å². The minimum Gasteiger partial charge on any atom is -0.456 e. The van der Waals surface area contributed by atoms with Crippen LogP contribution >= 0.6 is 0 Å². The molecule has 31 heavy (non-hydrogen) atoms. The average molecular weight is 437 g/mol. The van der Waals surface area contributed by atoms with Gasteiger partial charge in [-0.15, -0.1) is 0 Å². The largest absolute Gasteiger partial charge is 0.456 e. The molecular formula is C23H24N4O3S. The normalized spacial score (nSPS) is 15.4. The van der Waals surface area contributed by atoms with Crippen LogP contribution < -0.4 is 4.74 Å². The van der Waals surface area contributed by atoms with Gasteiger partial charge in [-0.2, -0.15) is 5.26 Å². The molecule has 0 saturated heterocycles. The number of hydrogen-bond donors (Lipinski definition) is 0. The second-order valence-corrected chi connectivity index (χ2v) is 9.81. The molecule has 0 unspecified atom stereocenters. The van der Waals surface area contributed by atoms with Crippen molar-refractivity contribution >= 4 is 27.7 Å². The predicted molar refractivity (Wildman–Crippen MR) is 121 cm³/mol. The molecule has 0 spiro atoms. The van der Waals surface area contributed by atoms with Gasteiger partial charge in [0.05, 0.1) is 29.1 Å². The Bertz CT molecular complexity index is 1200. The first-order chi connectivity index (χ1) is 15.0. The van der Waals surface area contributed by atoms with Gasteiger partial charge in [-0.25, -0.2) is 13.4 Å². The van der Waals surface area contributed by atoms with E-state index in [0.29, 0.717) is 23.5 Å². The number of fused-ring (bicyclic) bond motifs is 3. The Morgan fingerprint density at radius 1 is 1.23 bits per heavy atom. The molecule has 2 heterocycles. The Morgan fingerprint density at radius 3 is 2.90 bits per heavy atom. The van der Waals surface area contributed by atoms with Crippen molar-refractivity contribution in [2.24, 2.45) is 9.98 Å². The molecule has 0 fully saturated rings. The lowest BCUT2D eigenvalue weighted by molar-refractivity contribution is 0.480. The third-order valence-electron chi connectivity index (χ3n) is 5.23. The summed E-state index contributed by atoms with van der Waals surface area (Å²) in [6.45, 7) is 3.47. The van der Waals surface area contributed by atoms with E-state index in [0.717, 1.165) is 43.0 Å². The van der Waals surface area contributed by atoms with E-state index in [2.05, 4.69) is 16.0 Å². The topological polar surface area (TPSA) is 95.1 Å². The average Bonchev–Trinajstić information content (AvgIpc) is 2.99. The summed E-state index contributed by atoms with van der Waals surface area (Å²) in [6, 6.07) is 12.7. The van der Waals surface area contributed by atoms with Gasteiger partial charge in [0.1, 0.15) is 23.4 Å². The first-order valence-corrected chi connectivity index (χ1v) is 12.2. The van der Waals surface area contributed by atoms with Gasteiger partial charge in [0, 0.05) is 18.7 Å². The van der Waals surface area contributed by atoms with Crippen LogP contribution in [0, 0.1) is 11.3 Å². The predicted octanol–water partition coefficient (Wildman–Crippen LogP) is 4.19. The second-order valence-electron chi connectivity index (χ2n) is 7.63. The highest BCUT2D eigenvalue weighted by Gasteiger charge is 2.22. The van der Waals surface area contributed by atoms with Crippen molar-refractivity contribution in [3.05, 3.63) is 53.1 Å². The maximum Gasteiger partial charge on any atom is 0.154 e. The Balaban J connectivity index is 1.66. The fourth-order valence-electron chi connectivity index (χ4n) is 3.79. The van der Waals surface area contributed by atoms with Gasteiger partial charge in [0.15, 0.2) is 9.84 Å². The molecule has 7 nitrogen and oxygen atoms in total. The first kappa shape index (κ1) is 21.1. The zero-order valence-electron chi connectivity index (χ0n) is 17.4. The lowest BCUT2D eigenvalue weighted by atomic mass is 10.1. The van der Waals surface area contributed by atoms with Gasteiger partial charge in [-0.1, -0.05) is 19.1 Å². The van der Waals surface area contributed by atoms with Crippen molar-refractivity contribution < 1.29 is 13.2 Å². The monoisotopic (exact) mass is 436 g/mol. The van der Waals surface area contributed by atoms with E-state index in [1.54, 1.807) is 24.3 Å². The summed E-state index contributed by atoms with van der Waals surface area (Å²) in [5, 5.41) is 9.71. The second kappa shape index (κ2) is 8.90. The molecule has 0 radical (unpaired) electrons. The van der Waals surface area contributed by atoms with Crippen molar-refractivity contribution in [2.75, 3.05) is 18.8 Å². The number of rotatable bonds is 6. The van der Waals surface area contributed by atoms with Crippen LogP contribution in [0.2, 0.25) is 0 Å². The molecule has 0 saturated carbocycles. The van der Waals surface area contributed by atoms with Crippen LogP contribution in [-0.4, -0.2) is 44.3 Å². The van der Waals surface area contributed by atoms with E-state index in [-0.39, 0.29) is 17.1 Å². The molecule has 0 aliphatic carbocycles. The van der Waals surface area contributed by atoms with Crippen LogP contribution in [0.5, 0.6) is 11.5 Å². The van der Waals surface area contributed by atoms with E-state index in [4.69, 9.17) is 9.73 Å². The van der Waals surface area contributed by atoms with Crippen LogP contribution in [0.15, 0.2) is 46.4 Å². The summed E-state index contributed by atoms with van der Waals surface area (Å²) in [5.41, 5.74) is 2.41. The molecule has 0 bridgehead atoms. The molecule has 0 aromatic heterocycles. The highest BCUT2D eigenvalue weighted by Crippen LogP contribution is 2.33. The lowest BCUT2D eigenvalue weighted by Gasteiger charge is -2.25. The SMILES string of the molecule is CCCS(=O)(=O)Cc1cccc(Oc2ccc3c(c2)C2=NCCCCN2C=N3)c1C#N. The zero-order chi connectivity index (χ0) is 21.8. The number of sulfone groups is 1. The molecular weight excluding hydrogens is 412 g/mol. The number of ether oxygens (including phenoxy) is 1. The molecule has 0 N–H and O–H groups in total. The molecule has 0 amide bonds. The number of aliphatic imine (C=N–C) groups is 2. The number of nitrogens with zero attached hydrogens (tertiary/aromatic N) is 4. The first-order valence-electron chi connectivity index (χ1n) is 10.4. The zero-order valence-corrected chi connectivity index (χ0v) is 18.2. The minimum absolute atomic E-state index is 0.0902. The van der Waals surface area contributed by atoms with Gasteiger partial charge in [-0.3, -0.25) is 4.99 Å². The van der Waals surface area contributed by atoms with Crippen molar-refractivity contribution in [3.63, 3.8) is 0 Å². The van der Waals surface area contributed by atoms with E-state index >= 15 is 0 Å². The summed E-state index contributed by atoms with van der Waals surface area (Å²) in [4.78, 5) is 11.3. The molecule has 2 aromatic rings. The van der Waals surface area contributed by atoms with Crippen LogP contribution in [0.3, 0.4) is 0 Å². The van der Waals surface area contributed by atoms with Crippen LogP contribution in [0.4, 0.5) is 5.69 Å². The third kappa shape index (κ3) is 4.62. The highest BCUT2D eigenvalue weighted by molar-refractivity contribution is 7.90. The van der Waals surface area contributed by atoms with Gasteiger partial charge < -0.3 is 9.64 Å². The number of nitriles is 1. The number of benzene rings is 2. The summed E-state index contributed by atoms with van der Waals surface area (Å²) in [7, 11) is -3.28. The smallest absolute Gasteiger partial charge is 0.154 e. The van der Waals surface area contributed by atoms with E-state index < -0.39 is 9.84 Å². The Kier molecular flexibility index (Phi) is 6.05. The Hall–Kier alpha value is -3.18. The molecule has 160 valence electrons. The molecule has 8 heteroatoms. The summed E-state index contributed by atoms with van der Waals surface area (Å²) in [6.07, 6.45) is 4.46. The van der Waals surface area contributed by atoms with Crippen molar-refractivity contribution in [3.8, 4) is 17.6 Å². The van der Waals surface area contributed by atoms with E-state index in [9.17, 15) is 13.7 Å². The standard InChI is InChI=1S/C23H24N4O3S/c1-2-12-31(28,29)15-17-6-5-7-22(20(17)14-24)30-18-8-9-21-19(13-18)23-25-10-3-4-11-27(23)16-26-21/h5-9,13,16H,2-4,10-12,15H2,1H3. The Morgan fingerprint density at radius 2 is 2.10 bits per heavy atom. The minimum atomic E-state index is -3.28.